The molecule has 132 valence electrons. The van der Waals surface area contributed by atoms with E-state index in [9.17, 15) is 9.18 Å². The second-order valence-corrected chi connectivity index (χ2v) is 6.09. The van der Waals surface area contributed by atoms with E-state index in [0.29, 0.717) is 17.3 Å². The van der Waals surface area contributed by atoms with Gasteiger partial charge in [0.1, 0.15) is 23.2 Å². The van der Waals surface area contributed by atoms with Gasteiger partial charge in [-0.3, -0.25) is 4.79 Å². The fourth-order valence-corrected chi connectivity index (χ4v) is 2.57. The largest absolute Gasteiger partial charge is 0.340 e. The number of rotatable bonds is 4. The van der Waals surface area contributed by atoms with Gasteiger partial charge in [-0.05, 0) is 56.7 Å². The number of halogens is 1. The monoisotopic (exact) mass is 350 g/mol. The highest BCUT2D eigenvalue weighted by atomic mass is 19.1. The van der Waals surface area contributed by atoms with E-state index in [0.717, 1.165) is 16.8 Å². The Morgan fingerprint density at radius 2 is 1.69 bits per heavy atom. The van der Waals surface area contributed by atoms with Gasteiger partial charge in [0.2, 0.25) is 0 Å². The summed E-state index contributed by atoms with van der Waals surface area (Å²) in [7, 11) is 0. The van der Waals surface area contributed by atoms with Gasteiger partial charge in [-0.15, -0.1) is 0 Å². The molecule has 0 spiro atoms. The zero-order chi connectivity index (χ0) is 18.7. The number of nitrogens with zero attached hydrogens (tertiary/aromatic N) is 2. The molecule has 2 aromatic carbocycles. The third-order valence-electron chi connectivity index (χ3n) is 3.82. The molecule has 1 heterocycles. The SMILES string of the molecule is Cc1ccc(NC(=O)c2cc(Nc3ccc(F)cc3)nc(C)n2)c(C)c1. The summed E-state index contributed by atoms with van der Waals surface area (Å²) in [6, 6.07) is 13.3. The Labute approximate surface area is 151 Å². The Kier molecular flexibility index (Phi) is 4.93. The zero-order valence-corrected chi connectivity index (χ0v) is 14.8. The van der Waals surface area contributed by atoms with Crippen molar-refractivity contribution in [1.29, 1.82) is 0 Å². The van der Waals surface area contributed by atoms with Crippen LogP contribution >= 0.6 is 0 Å². The van der Waals surface area contributed by atoms with E-state index in [1.54, 1.807) is 25.1 Å². The summed E-state index contributed by atoms with van der Waals surface area (Å²) < 4.78 is 13.0. The summed E-state index contributed by atoms with van der Waals surface area (Å²) in [5.41, 5.74) is 3.77. The highest BCUT2D eigenvalue weighted by molar-refractivity contribution is 6.03. The Balaban J connectivity index is 1.82. The summed E-state index contributed by atoms with van der Waals surface area (Å²) in [6.07, 6.45) is 0. The molecule has 0 unspecified atom stereocenters. The number of amides is 1. The summed E-state index contributed by atoms with van der Waals surface area (Å²) >= 11 is 0. The first-order valence-corrected chi connectivity index (χ1v) is 8.17. The smallest absolute Gasteiger partial charge is 0.274 e. The van der Waals surface area contributed by atoms with Crippen LogP contribution in [0.2, 0.25) is 0 Å². The lowest BCUT2D eigenvalue weighted by atomic mass is 10.1. The predicted octanol–water partition coefficient (Wildman–Crippen LogP) is 4.54. The molecule has 0 radical (unpaired) electrons. The molecule has 5 nitrogen and oxygen atoms in total. The van der Waals surface area contributed by atoms with Crippen LogP contribution in [0.25, 0.3) is 0 Å². The topological polar surface area (TPSA) is 66.9 Å². The van der Waals surface area contributed by atoms with Gasteiger partial charge in [-0.25, -0.2) is 14.4 Å². The molecular weight excluding hydrogens is 331 g/mol. The normalized spacial score (nSPS) is 10.5. The van der Waals surface area contributed by atoms with Crippen LogP contribution in [0.3, 0.4) is 0 Å². The number of carbonyl (C=O) groups is 1. The number of benzene rings is 2. The highest BCUT2D eigenvalue weighted by Crippen LogP contribution is 2.19. The van der Waals surface area contributed by atoms with Crippen molar-refractivity contribution in [1.82, 2.24) is 9.97 Å². The fourth-order valence-electron chi connectivity index (χ4n) is 2.57. The second kappa shape index (κ2) is 7.31. The summed E-state index contributed by atoms with van der Waals surface area (Å²) in [6.45, 7) is 5.65. The molecule has 0 bridgehead atoms. The van der Waals surface area contributed by atoms with E-state index in [-0.39, 0.29) is 17.4 Å². The quantitative estimate of drug-likeness (QED) is 0.725. The van der Waals surface area contributed by atoms with Crippen molar-refractivity contribution in [3.8, 4) is 0 Å². The molecule has 0 fully saturated rings. The molecule has 0 saturated carbocycles. The van der Waals surface area contributed by atoms with Gasteiger partial charge in [0, 0.05) is 17.4 Å². The van der Waals surface area contributed by atoms with Crippen LogP contribution in [0.15, 0.2) is 48.5 Å². The van der Waals surface area contributed by atoms with Crippen molar-refractivity contribution in [3.05, 3.63) is 77.0 Å². The molecule has 0 aliphatic carbocycles. The van der Waals surface area contributed by atoms with E-state index in [4.69, 9.17) is 0 Å². The minimum atomic E-state index is -0.317. The Morgan fingerprint density at radius 1 is 0.962 bits per heavy atom. The third kappa shape index (κ3) is 4.22. The van der Waals surface area contributed by atoms with E-state index in [1.807, 2.05) is 32.0 Å². The minimum absolute atomic E-state index is 0.252. The fraction of sp³-hybridized carbons (Fsp3) is 0.150. The van der Waals surface area contributed by atoms with E-state index < -0.39 is 0 Å². The van der Waals surface area contributed by atoms with Crippen LogP contribution in [-0.4, -0.2) is 15.9 Å². The maximum Gasteiger partial charge on any atom is 0.274 e. The molecule has 3 rings (SSSR count). The van der Waals surface area contributed by atoms with E-state index in [2.05, 4.69) is 20.6 Å². The van der Waals surface area contributed by atoms with Gasteiger partial charge in [0.25, 0.3) is 5.91 Å². The second-order valence-electron chi connectivity index (χ2n) is 6.09. The van der Waals surface area contributed by atoms with Crippen molar-refractivity contribution in [2.24, 2.45) is 0 Å². The van der Waals surface area contributed by atoms with Gasteiger partial charge in [0.05, 0.1) is 0 Å². The van der Waals surface area contributed by atoms with Crippen molar-refractivity contribution in [2.45, 2.75) is 20.8 Å². The average molecular weight is 350 g/mol. The molecule has 0 aliphatic heterocycles. The first kappa shape index (κ1) is 17.5. The lowest BCUT2D eigenvalue weighted by Gasteiger charge is -2.11. The number of anilines is 3. The molecule has 0 atom stereocenters. The maximum absolute atomic E-state index is 13.0. The van der Waals surface area contributed by atoms with E-state index >= 15 is 0 Å². The van der Waals surface area contributed by atoms with Crippen LogP contribution in [0.4, 0.5) is 21.6 Å². The Morgan fingerprint density at radius 3 is 2.38 bits per heavy atom. The molecule has 26 heavy (non-hydrogen) atoms. The first-order chi connectivity index (χ1) is 12.4. The minimum Gasteiger partial charge on any atom is -0.340 e. The average Bonchev–Trinajstić information content (AvgIpc) is 2.59. The molecule has 0 saturated heterocycles. The first-order valence-electron chi connectivity index (χ1n) is 8.17. The zero-order valence-electron chi connectivity index (χ0n) is 14.8. The van der Waals surface area contributed by atoms with Crippen LogP contribution in [0.1, 0.15) is 27.4 Å². The highest BCUT2D eigenvalue weighted by Gasteiger charge is 2.12. The number of hydrogen-bond donors (Lipinski definition) is 2. The molecule has 3 aromatic rings. The van der Waals surface area contributed by atoms with Crippen LogP contribution < -0.4 is 10.6 Å². The number of aryl methyl sites for hydroxylation is 3. The van der Waals surface area contributed by atoms with Gasteiger partial charge >= 0.3 is 0 Å². The molecule has 6 heteroatoms. The Bertz CT molecular complexity index is 955. The predicted molar refractivity (Wildman–Crippen MR) is 100 cm³/mol. The van der Waals surface area contributed by atoms with E-state index in [1.165, 1.54) is 12.1 Å². The summed E-state index contributed by atoms with van der Waals surface area (Å²) in [5.74, 6) is 0.297. The molecular formula is C20H19FN4O. The van der Waals surface area contributed by atoms with Crippen molar-refractivity contribution in [3.63, 3.8) is 0 Å². The summed E-state index contributed by atoms with van der Waals surface area (Å²) in [5, 5.41) is 5.93. The van der Waals surface area contributed by atoms with Crippen LogP contribution in [0, 0.1) is 26.6 Å². The van der Waals surface area contributed by atoms with Crippen molar-refractivity contribution >= 4 is 23.1 Å². The van der Waals surface area contributed by atoms with Crippen LogP contribution in [-0.2, 0) is 0 Å². The van der Waals surface area contributed by atoms with Gasteiger partial charge in [-0.1, -0.05) is 17.7 Å². The Hall–Kier alpha value is -3.28. The molecule has 0 aliphatic rings. The van der Waals surface area contributed by atoms with Crippen molar-refractivity contribution in [2.75, 3.05) is 10.6 Å². The van der Waals surface area contributed by atoms with Crippen molar-refractivity contribution < 1.29 is 9.18 Å². The van der Waals surface area contributed by atoms with Gasteiger partial charge in [0.15, 0.2) is 0 Å². The number of aromatic nitrogens is 2. The van der Waals surface area contributed by atoms with Crippen LogP contribution in [0.5, 0.6) is 0 Å². The standard InChI is InChI=1S/C20H19FN4O/c1-12-4-9-17(13(2)10-12)25-20(26)18-11-19(23-14(3)22-18)24-16-7-5-15(21)6-8-16/h4-11H,1-3H3,(H,25,26)(H,22,23,24). The van der Waals surface area contributed by atoms with Gasteiger partial charge < -0.3 is 10.6 Å². The maximum atomic E-state index is 13.0. The number of hydrogen-bond acceptors (Lipinski definition) is 4. The molecule has 1 amide bonds. The lowest BCUT2D eigenvalue weighted by molar-refractivity contribution is 0.102. The molecule has 1 aromatic heterocycles. The summed E-state index contributed by atoms with van der Waals surface area (Å²) in [4.78, 5) is 21.1. The lowest BCUT2D eigenvalue weighted by Crippen LogP contribution is -2.16. The molecule has 2 N–H and O–H groups in total. The number of carbonyl (C=O) groups excluding carboxylic acids is 1. The number of nitrogens with one attached hydrogen (secondary N) is 2. The third-order valence-corrected chi connectivity index (χ3v) is 3.82. The van der Waals surface area contributed by atoms with Gasteiger partial charge in [-0.2, -0.15) is 0 Å².